The SMILES string of the molecule is C=CCCCC(Cc1cccc2ccccc12)NCC. The molecule has 0 saturated heterocycles. The van der Waals surface area contributed by atoms with Gasteiger partial charge in [-0.05, 0) is 48.6 Å². The molecule has 0 radical (unpaired) electrons. The number of benzene rings is 2. The zero-order valence-electron chi connectivity index (χ0n) is 12.4. The van der Waals surface area contributed by atoms with Crippen molar-refractivity contribution in [2.75, 3.05) is 6.54 Å². The number of nitrogens with one attached hydrogen (secondary N) is 1. The van der Waals surface area contributed by atoms with E-state index >= 15 is 0 Å². The van der Waals surface area contributed by atoms with Crippen molar-refractivity contribution in [1.29, 1.82) is 0 Å². The van der Waals surface area contributed by atoms with Gasteiger partial charge in [-0.3, -0.25) is 0 Å². The van der Waals surface area contributed by atoms with Crippen LogP contribution in [0.25, 0.3) is 10.8 Å². The Balaban J connectivity index is 2.13. The third kappa shape index (κ3) is 3.94. The van der Waals surface area contributed by atoms with Gasteiger partial charge in [0.1, 0.15) is 0 Å². The predicted octanol–water partition coefficient (Wildman–Crippen LogP) is 4.72. The van der Waals surface area contributed by atoms with Gasteiger partial charge in [0.25, 0.3) is 0 Å². The molecule has 1 nitrogen and oxygen atoms in total. The second-order valence-electron chi connectivity index (χ2n) is 5.32. The van der Waals surface area contributed by atoms with Gasteiger partial charge in [-0.25, -0.2) is 0 Å². The molecular formula is C19H25N. The number of hydrogen-bond acceptors (Lipinski definition) is 1. The summed E-state index contributed by atoms with van der Waals surface area (Å²) >= 11 is 0. The van der Waals surface area contributed by atoms with E-state index in [-0.39, 0.29) is 0 Å². The molecule has 2 aromatic rings. The first-order valence-electron chi connectivity index (χ1n) is 7.66. The molecule has 1 unspecified atom stereocenters. The molecule has 0 amide bonds. The number of fused-ring (bicyclic) bond motifs is 1. The third-order valence-electron chi connectivity index (χ3n) is 3.80. The average Bonchev–Trinajstić information content (AvgIpc) is 2.48. The molecular weight excluding hydrogens is 242 g/mol. The molecule has 0 spiro atoms. The van der Waals surface area contributed by atoms with Crippen molar-refractivity contribution < 1.29 is 0 Å². The molecule has 0 fully saturated rings. The molecule has 106 valence electrons. The quantitative estimate of drug-likeness (QED) is 0.539. The highest BCUT2D eigenvalue weighted by Crippen LogP contribution is 2.20. The summed E-state index contributed by atoms with van der Waals surface area (Å²) in [5.74, 6) is 0. The summed E-state index contributed by atoms with van der Waals surface area (Å²) in [6, 6.07) is 15.9. The summed E-state index contributed by atoms with van der Waals surface area (Å²) in [4.78, 5) is 0. The Kier molecular flexibility index (Phi) is 5.82. The van der Waals surface area contributed by atoms with E-state index in [1.54, 1.807) is 0 Å². The van der Waals surface area contributed by atoms with Crippen LogP contribution in [0.2, 0.25) is 0 Å². The first-order valence-corrected chi connectivity index (χ1v) is 7.66. The number of unbranched alkanes of at least 4 members (excludes halogenated alkanes) is 1. The lowest BCUT2D eigenvalue weighted by atomic mass is 9.96. The van der Waals surface area contributed by atoms with E-state index in [0.717, 1.165) is 19.4 Å². The molecule has 1 atom stereocenters. The van der Waals surface area contributed by atoms with Crippen molar-refractivity contribution >= 4 is 10.8 Å². The molecule has 0 aromatic heterocycles. The summed E-state index contributed by atoms with van der Waals surface area (Å²) in [6.45, 7) is 7.02. The van der Waals surface area contributed by atoms with Gasteiger partial charge in [-0.15, -0.1) is 6.58 Å². The first kappa shape index (κ1) is 14.8. The van der Waals surface area contributed by atoms with Gasteiger partial charge in [0.15, 0.2) is 0 Å². The van der Waals surface area contributed by atoms with E-state index < -0.39 is 0 Å². The predicted molar refractivity (Wildman–Crippen MR) is 89.2 cm³/mol. The van der Waals surface area contributed by atoms with Crippen molar-refractivity contribution in [1.82, 2.24) is 5.32 Å². The Bertz CT molecular complexity index is 539. The van der Waals surface area contributed by atoms with E-state index in [9.17, 15) is 0 Å². The highest BCUT2D eigenvalue weighted by Gasteiger charge is 2.09. The maximum absolute atomic E-state index is 3.81. The van der Waals surface area contributed by atoms with Crippen molar-refractivity contribution in [3.8, 4) is 0 Å². The molecule has 0 heterocycles. The lowest BCUT2D eigenvalue weighted by molar-refractivity contribution is 0.479. The Morgan fingerprint density at radius 3 is 2.75 bits per heavy atom. The van der Waals surface area contributed by atoms with Gasteiger partial charge in [0, 0.05) is 6.04 Å². The normalized spacial score (nSPS) is 12.4. The van der Waals surface area contributed by atoms with E-state index in [4.69, 9.17) is 0 Å². The van der Waals surface area contributed by atoms with Crippen LogP contribution in [-0.4, -0.2) is 12.6 Å². The van der Waals surface area contributed by atoms with Gasteiger partial charge in [-0.1, -0.05) is 55.5 Å². The summed E-state index contributed by atoms with van der Waals surface area (Å²) in [6.07, 6.45) is 6.65. The molecule has 0 aliphatic rings. The maximum atomic E-state index is 3.81. The number of hydrogen-bond donors (Lipinski definition) is 1. The molecule has 0 aliphatic heterocycles. The molecule has 2 rings (SSSR count). The number of allylic oxidation sites excluding steroid dienone is 1. The molecule has 1 heteroatoms. The van der Waals surface area contributed by atoms with Gasteiger partial charge in [0.05, 0.1) is 0 Å². The molecule has 0 aliphatic carbocycles. The van der Waals surface area contributed by atoms with Gasteiger partial charge < -0.3 is 5.32 Å². The van der Waals surface area contributed by atoms with Crippen LogP contribution >= 0.6 is 0 Å². The second-order valence-corrected chi connectivity index (χ2v) is 5.32. The van der Waals surface area contributed by atoms with Crippen LogP contribution in [0.4, 0.5) is 0 Å². The van der Waals surface area contributed by atoms with Crippen molar-refractivity contribution in [2.45, 2.75) is 38.6 Å². The minimum atomic E-state index is 0.561. The molecule has 2 aromatic carbocycles. The molecule has 0 bridgehead atoms. The summed E-state index contributed by atoms with van der Waals surface area (Å²) in [7, 11) is 0. The average molecular weight is 267 g/mol. The topological polar surface area (TPSA) is 12.0 Å². The smallest absolute Gasteiger partial charge is 0.0108 e. The van der Waals surface area contributed by atoms with Crippen LogP contribution in [0.1, 0.15) is 31.7 Å². The van der Waals surface area contributed by atoms with Crippen LogP contribution in [-0.2, 0) is 6.42 Å². The highest BCUT2D eigenvalue weighted by atomic mass is 14.9. The van der Waals surface area contributed by atoms with Gasteiger partial charge in [-0.2, -0.15) is 0 Å². The Morgan fingerprint density at radius 2 is 1.95 bits per heavy atom. The Morgan fingerprint density at radius 1 is 1.15 bits per heavy atom. The van der Waals surface area contributed by atoms with Crippen LogP contribution in [0.15, 0.2) is 55.1 Å². The third-order valence-corrected chi connectivity index (χ3v) is 3.80. The minimum Gasteiger partial charge on any atom is -0.314 e. The lowest BCUT2D eigenvalue weighted by Crippen LogP contribution is -2.30. The van der Waals surface area contributed by atoms with Gasteiger partial charge >= 0.3 is 0 Å². The zero-order chi connectivity index (χ0) is 14.2. The zero-order valence-corrected chi connectivity index (χ0v) is 12.4. The second kappa shape index (κ2) is 7.86. The van der Waals surface area contributed by atoms with Crippen LogP contribution < -0.4 is 5.32 Å². The van der Waals surface area contributed by atoms with Crippen molar-refractivity contribution in [2.24, 2.45) is 0 Å². The van der Waals surface area contributed by atoms with Crippen LogP contribution in [0, 0.1) is 0 Å². The first-order chi connectivity index (χ1) is 9.85. The fourth-order valence-electron chi connectivity index (χ4n) is 2.81. The van der Waals surface area contributed by atoms with E-state index in [0.29, 0.717) is 6.04 Å². The summed E-state index contributed by atoms with van der Waals surface area (Å²) < 4.78 is 0. The fourth-order valence-corrected chi connectivity index (χ4v) is 2.81. The lowest BCUT2D eigenvalue weighted by Gasteiger charge is -2.18. The van der Waals surface area contributed by atoms with E-state index in [1.807, 2.05) is 6.08 Å². The van der Waals surface area contributed by atoms with Crippen LogP contribution in [0.5, 0.6) is 0 Å². The maximum Gasteiger partial charge on any atom is 0.0108 e. The van der Waals surface area contributed by atoms with E-state index in [2.05, 4.69) is 61.3 Å². The molecule has 20 heavy (non-hydrogen) atoms. The van der Waals surface area contributed by atoms with Crippen LogP contribution in [0.3, 0.4) is 0 Å². The fraction of sp³-hybridized carbons (Fsp3) is 0.368. The Labute approximate surface area is 122 Å². The van der Waals surface area contributed by atoms with Crippen molar-refractivity contribution in [3.63, 3.8) is 0 Å². The minimum absolute atomic E-state index is 0.561. The standard InChI is InChI=1S/C19H25N/c1-3-5-6-13-18(20-4-2)15-17-12-9-11-16-10-7-8-14-19(16)17/h3,7-12,14,18,20H,1,4-6,13,15H2,2H3. The van der Waals surface area contributed by atoms with Gasteiger partial charge in [0.2, 0.25) is 0 Å². The number of likely N-dealkylation sites (N-methyl/N-ethyl adjacent to an activating group) is 1. The van der Waals surface area contributed by atoms with Crippen molar-refractivity contribution in [3.05, 3.63) is 60.7 Å². The molecule has 1 N–H and O–H groups in total. The molecule has 0 saturated carbocycles. The largest absolute Gasteiger partial charge is 0.314 e. The summed E-state index contributed by atoms with van der Waals surface area (Å²) in [5.41, 5.74) is 1.45. The monoisotopic (exact) mass is 267 g/mol. The van der Waals surface area contributed by atoms with E-state index in [1.165, 1.54) is 29.2 Å². The summed E-state index contributed by atoms with van der Waals surface area (Å²) in [5, 5.41) is 6.35. The highest BCUT2D eigenvalue weighted by molar-refractivity contribution is 5.85. The number of rotatable bonds is 8. The Hall–Kier alpha value is -1.60.